The van der Waals surface area contributed by atoms with E-state index in [2.05, 4.69) is 5.32 Å². The first-order chi connectivity index (χ1) is 10.0. The third-order valence-corrected chi connectivity index (χ3v) is 4.42. The van der Waals surface area contributed by atoms with Gasteiger partial charge in [-0.3, -0.25) is 0 Å². The summed E-state index contributed by atoms with van der Waals surface area (Å²) in [5, 5.41) is 4.51. The van der Waals surface area contributed by atoms with Gasteiger partial charge in [0.1, 0.15) is 5.82 Å². The molecule has 1 atom stereocenters. The molecule has 2 aromatic rings. The van der Waals surface area contributed by atoms with E-state index in [-0.39, 0.29) is 11.1 Å². The lowest BCUT2D eigenvalue weighted by Gasteiger charge is -2.20. The van der Waals surface area contributed by atoms with Crippen LogP contribution in [0.3, 0.4) is 0 Å². The lowest BCUT2D eigenvalue weighted by Crippen LogP contribution is -2.23. The summed E-state index contributed by atoms with van der Waals surface area (Å²) in [7, 11) is 0. The summed E-state index contributed by atoms with van der Waals surface area (Å²) < 4.78 is 13.7. The minimum Gasteiger partial charge on any atom is -0.310 e. The summed E-state index contributed by atoms with van der Waals surface area (Å²) in [5.74, 6) is -0.422. The van der Waals surface area contributed by atoms with Gasteiger partial charge in [-0.15, -0.1) is 0 Å². The lowest BCUT2D eigenvalue weighted by molar-refractivity contribution is 0.543. The van der Waals surface area contributed by atoms with Crippen molar-refractivity contribution in [2.75, 3.05) is 6.54 Å². The van der Waals surface area contributed by atoms with Crippen LogP contribution in [0.2, 0.25) is 15.1 Å². The molecule has 0 aliphatic rings. The highest BCUT2D eigenvalue weighted by Gasteiger charge is 2.15. The van der Waals surface area contributed by atoms with Gasteiger partial charge in [0.25, 0.3) is 0 Å². The monoisotopic (exact) mass is 345 g/mol. The Morgan fingerprint density at radius 2 is 1.86 bits per heavy atom. The smallest absolute Gasteiger partial charge is 0.142 e. The second-order valence-electron chi connectivity index (χ2n) is 4.70. The van der Waals surface area contributed by atoms with Gasteiger partial charge in [-0.05, 0) is 42.3 Å². The number of benzene rings is 2. The zero-order chi connectivity index (χ0) is 15.4. The third kappa shape index (κ3) is 4.10. The molecule has 1 unspecified atom stereocenters. The Balaban J connectivity index is 2.30. The summed E-state index contributed by atoms with van der Waals surface area (Å²) in [5.41, 5.74) is 1.75. The molecule has 0 aliphatic carbocycles. The van der Waals surface area contributed by atoms with Gasteiger partial charge in [0.2, 0.25) is 0 Å². The molecule has 2 rings (SSSR count). The molecule has 112 valence electrons. The summed E-state index contributed by atoms with van der Waals surface area (Å²) in [6.07, 6.45) is 0.619. The van der Waals surface area contributed by atoms with E-state index < -0.39 is 5.82 Å². The number of rotatable bonds is 5. The molecule has 1 nitrogen and oxygen atoms in total. The standard InChI is InChI=1S/C16H15Cl3FN/c1-2-21-15(10-6-7-12(17)14(20)8-10)9-11-4-3-5-13(18)16(11)19/h3-8,15,21H,2,9H2,1H3. The van der Waals surface area contributed by atoms with Crippen LogP contribution in [0.1, 0.15) is 24.1 Å². The molecule has 0 radical (unpaired) electrons. The van der Waals surface area contributed by atoms with Gasteiger partial charge >= 0.3 is 0 Å². The maximum atomic E-state index is 13.7. The van der Waals surface area contributed by atoms with Crippen LogP contribution in [-0.2, 0) is 6.42 Å². The molecule has 0 saturated carbocycles. The van der Waals surface area contributed by atoms with E-state index in [0.717, 1.165) is 17.7 Å². The van der Waals surface area contributed by atoms with Crippen LogP contribution >= 0.6 is 34.8 Å². The van der Waals surface area contributed by atoms with Crippen molar-refractivity contribution in [1.82, 2.24) is 5.32 Å². The van der Waals surface area contributed by atoms with Crippen LogP contribution in [0.4, 0.5) is 4.39 Å². The Hall–Kier alpha value is -0.800. The minimum atomic E-state index is -0.422. The predicted molar refractivity (Wildman–Crippen MR) is 88.0 cm³/mol. The number of hydrogen-bond acceptors (Lipinski definition) is 1. The van der Waals surface area contributed by atoms with Gasteiger partial charge in [-0.2, -0.15) is 0 Å². The average Bonchev–Trinajstić information content (AvgIpc) is 2.46. The number of nitrogens with one attached hydrogen (secondary N) is 1. The quantitative estimate of drug-likeness (QED) is 0.734. The highest BCUT2D eigenvalue weighted by molar-refractivity contribution is 6.42. The molecule has 0 aromatic heterocycles. The second kappa shape index (κ2) is 7.46. The summed E-state index contributed by atoms with van der Waals surface area (Å²) >= 11 is 18.0. The Labute approximate surface area is 139 Å². The van der Waals surface area contributed by atoms with Gasteiger partial charge in [0, 0.05) is 6.04 Å². The van der Waals surface area contributed by atoms with E-state index in [0.29, 0.717) is 16.5 Å². The SMILES string of the molecule is CCNC(Cc1cccc(Cl)c1Cl)c1ccc(Cl)c(F)c1. The molecule has 0 bridgehead atoms. The molecular formula is C16H15Cl3FN. The third-order valence-electron chi connectivity index (χ3n) is 3.25. The normalized spacial score (nSPS) is 12.4. The van der Waals surface area contributed by atoms with Crippen molar-refractivity contribution in [2.24, 2.45) is 0 Å². The Bertz CT molecular complexity index is 631. The largest absolute Gasteiger partial charge is 0.310 e. The van der Waals surface area contributed by atoms with Crippen molar-refractivity contribution in [2.45, 2.75) is 19.4 Å². The first-order valence-corrected chi connectivity index (χ1v) is 7.77. The minimum absolute atomic E-state index is 0.0577. The van der Waals surface area contributed by atoms with Crippen LogP contribution < -0.4 is 5.32 Å². The molecule has 2 aromatic carbocycles. The summed E-state index contributed by atoms with van der Waals surface area (Å²) in [6, 6.07) is 10.3. The molecule has 0 heterocycles. The van der Waals surface area contributed by atoms with Crippen LogP contribution in [-0.4, -0.2) is 6.54 Å². The number of likely N-dealkylation sites (N-methyl/N-ethyl adjacent to an activating group) is 1. The van der Waals surface area contributed by atoms with Crippen LogP contribution in [0.5, 0.6) is 0 Å². The fourth-order valence-electron chi connectivity index (χ4n) is 2.21. The average molecular weight is 347 g/mol. The van der Waals surface area contributed by atoms with Crippen LogP contribution in [0.15, 0.2) is 36.4 Å². The van der Waals surface area contributed by atoms with Gasteiger partial charge in [-0.25, -0.2) is 4.39 Å². The lowest BCUT2D eigenvalue weighted by atomic mass is 9.98. The molecule has 0 amide bonds. The van der Waals surface area contributed by atoms with E-state index in [1.807, 2.05) is 25.1 Å². The molecule has 0 fully saturated rings. The topological polar surface area (TPSA) is 12.0 Å². The number of halogens is 4. The van der Waals surface area contributed by atoms with Crippen molar-refractivity contribution in [3.8, 4) is 0 Å². The van der Waals surface area contributed by atoms with Gasteiger partial charge in [-0.1, -0.05) is 59.9 Å². The molecule has 21 heavy (non-hydrogen) atoms. The first kappa shape index (κ1) is 16.6. The van der Waals surface area contributed by atoms with Crippen molar-refractivity contribution >= 4 is 34.8 Å². The van der Waals surface area contributed by atoms with Crippen LogP contribution in [0.25, 0.3) is 0 Å². The molecule has 0 saturated heterocycles. The fraction of sp³-hybridized carbons (Fsp3) is 0.250. The first-order valence-electron chi connectivity index (χ1n) is 6.64. The highest BCUT2D eigenvalue weighted by atomic mass is 35.5. The molecule has 0 aliphatic heterocycles. The molecule has 5 heteroatoms. The van der Waals surface area contributed by atoms with Crippen molar-refractivity contribution < 1.29 is 4.39 Å². The zero-order valence-electron chi connectivity index (χ0n) is 11.5. The fourth-order valence-corrected chi connectivity index (χ4v) is 2.72. The summed E-state index contributed by atoms with van der Waals surface area (Å²) in [6.45, 7) is 2.76. The van der Waals surface area contributed by atoms with Gasteiger partial charge in [0.15, 0.2) is 0 Å². The van der Waals surface area contributed by atoms with Crippen molar-refractivity contribution in [3.05, 3.63) is 68.4 Å². The molecule has 1 N–H and O–H groups in total. The van der Waals surface area contributed by atoms with Gasteiger partial charge < -0.3 is 5.32 Å². The van der Waals surface area contributed by atoms with Crippen molar-refractivity contribution in [1.29, 1.82) is 0 Å². The summed E-state index contributed by atoms with van der Waals surface area (Å²) in [4.78, 5) is 0. The van der Waals surface area contributed by atoms with E-state index in [1.54, 1.807) is 12.1 Å². The Kier molecular flexibility index (Phi) is 5.88. The maximum Gasteiger partial charge on any atom is 0.142 e. The van der Waals surface area contributed by atoms with Crippen molar-refractivity contribution in [3.63, 3.8) is 0 Å². The second-order valence-corrected chi connectivity index (χ2v) is 5.89. The Morgan fingerprint density at radius 3 is 2.52 bits per heavy atom. The number of hydrogen-bond donors (Lipinski definition) is 1. The highest BCUT2D eigenvalue weighted by Crippen LogP contribution is 2.30. The molecular weight excluding hydrogens is 332 g/mol. The van der Waals surface area contributed by atoms with E-state index in [9.17, 15) is 4.39 Å². The zero-order valence-corrected chi connectivity index (χ0v) is 13.7. The van der Waals surface area contributed by atoms with Crippen LogP contribution in [0, 0.1) is 5.82 Å². The molecule has 0 spiro atoms. The Morgan fingerprint density at radius 1 is 1.10 bits per heavy atom. The van der Waals surface area contributed by atoms with E-state index >= 15 is 0 Å². The maximum absolute atomic E-state index is 13.7. The predicted octanol–water partition coefficient (Wildman–Crippen LogP) is 5.68. The van der Waals surface area contributed by atoms with Gasteiger partial charge in [0.05, 0.1) is 15.1 Å². The van der Waals surface area contributed by atoms with E-state index in [4.69, 9.17) is 34.8 Å². The van der Waals surface area contributed by atoms with E-state index in [1.165, 1.54) is 6.07 Å².